The van der Waals surface area contributed by atoms with E-state index in [0.29, 0.717) is 18.7 Å². The quantitative estimate of drug-likeness (QED) is 0.404. The summed E-state index contributed by atoms with van der Waals surface area (Å²) in [5, 5.41) is 1.69. The van der Waals surface area contributed by atoms with Gasteiger partial charge in [0.25, 0.3) is 5.56 Å². The Balaban J connectivity index is 1.80. The van der Waals surface area contributed by atoms with E-state index in [1.807, 2.05) is 24.3 Å². The zero-order chi connectivity index (χ0) is 18.8. The van der Waals surface area contributed by atoms with Gasteiger partial charge in [-0.3, -0.25) is 9.36 Å². The molecular formula is C21H21N3O2S. The number of nitrogens with one attached hydrogen (secondary N) is 1. The van der Waals surface area contributed by atoms with Crippen LogP contribution >= 0.6 is 11.8 Å². The molecule has 138 valence electrons. The van der Waals surface area contributed by atoms with E-state index in [9.17, 15) is 4.79 Å². The van der Waals surface area contributed by atoms with Crippen LogP contribution in [0.3, 0.4) is 0 Å². The van der Waals surface area contributed by atoms with Crippen LogP contribution in [0.2, 0.25) is 0 Å². The summed E-state index contributed by atoms with van der Waals surface area (Å²) in [5.74, 6) is 0.759. The van der Waals surface area contributed by atoms with E-state index in [4.69, 9.17) is 9.72 Å². The van der Waals surface area contributed by atoms with Gasteiger partial charge in [-0.1, -0.05) is 59.8 Å². The lowest BCUT2D eigenvalue weighted by molar-refractivity contribution is 0.183. The van der Waals surface area contributed by atoms with Crippen LogP contribution in [-0.4, -0.2) is 28.3 Å². The smallest absolute Gasteiger partial charge is 0.278 e. The minimum Gasteiger partial charge on any atom is -0.383 e. The molecule has 0 atom stereocenters. The highest BCUT2D eigenvalue weighted by molar-refractivity contribution is 7.98. The number of thioether (sulfide) groups is 1. The van der Waals surface area contributed by atoms with E-state index in [0.717, 1.165) is 27.3 Å². The van der Waals surface area contributed by atoms with Crippen molar-refractivity contribution in [2.75, 3.05) is 13.7 Å². The second-order valence-corrected chi connectivity index (χ2v) is 7.46. The number of hydrogen-bond donors (Lipinski definition) is 1. The molecule has 0 bridgehead atoms. The number of aromatic amines is 1. The highest BCUT2D eigenvalue weighted by atomic mass is 32.2. The van der Waals surface area contributed by atoms with Gasteiger partial charge in [0, 0.05) is 23.8 Å². The summed E-state index contributed by atoms with van der Waals surface area (Å²) in [5.41, 5.74) is 4.59. The van der Waals surface area contributed by atoms with E-state index in [1.54, 1.807) is 23.4 Å². The van der Waals surface area contributed by atoms with Gasteiger partial charge in [-0.25, -0.2) is 4.98 Å². The predicted molar refractivity (Wildman–Crippen MR) is 110 cm³/mol. The standard InChI is InChI=1S/C21H21N3O2S/c1-14-6-5-7-15(12-14)13-27-21-23-18-16-8-3-4-9-17(16)22-19(18)20(25)24(21)10-11-26-2/h3-9,12,22H,10-11,13H2,1-2H3. The summed E-state index contributed by atoms with van der Waals surface area (Å²) in [7, 11) is 1.64. The second-order valence-electron chi connectivity index (χ2n) is 6.52. The Hall–Kier alpha value is -2.57. The third-order valence-electron chi connectivity index (χ3n) is 4.55. The molecule has 27 heavy (non-hydrogen) atoms. The third-order valence-corrected chi connectivity index (χ3v) is 5.59. The van der Waals surface area contributed by atoms with Crippen molar-refractivity contribution in [2.45, 2.75) is 24.4 Å². The number of fused-ring (bicyclic) bond motifs is 3. The molecule has 0 unspecified atom stereocenters. The molecule has 0 radical (unpaired) electrons. The summed E-state index contributed by atoms with van der Waals surface area (Å²) < 4.78 is 6.91. The maximum Gasteiger partial charge on any atom is 0.278 e. The van der Waals surface area contributed by atoms with Crippen molar-refractivity contribution >= 4 is 33.7 Å². The molecule has 2 heterocycles. The molecular weight excluding hydrogens is 358 g/mol. The van der Waals surface area contributed by atoms with Gasteiger partial charge in [-0.05, 0) is 18.6 Å². The highest BCUT2D eigenvalue weighted by Gasteiger charge is 2.15. The number of para-hydroxylation sites is 1. The molecule has 0 aliphatic carbocycles. The molecule has 0 amide bonds. The summed E-state index contributed by atoms with van der Waals surface area (Å²) in [6.45, 7) is 3.02. The van der Waals surface area contributed by atoms with Crippen molar-refractivity contribution in [2.24, 2.45) is 0 Å². The molecule has 4 aromatic rings. The number of nitrogens with zero attached hydrogens (tertiary/aromatic N) is 2. The first kappa shape index (κ1) is 17.8. The molecule has 2 aromatic heterocycles. The molecule has 1 N–H and O–H groups in total. The Morgan fingerprint density at radius 3 is 2.85 bits per heavy atom. The highest BCUT2D eigenvalue weighted by Crippen LogP contribution is 2.26. The van der Waals surface area contributed by atoms with E-state index < -0.39 is 0 Å². The number of aromatic nitrogens is 3. The molecule has 0 saturated heterocycles. The normalized spacial score (nSPS) is 11.5. The van der Waals surface area contributed by atoms with Crippen LogP contribution in [-0.2, 0) is 17.0 Å². The lowest BCUT2D eigenvalue weighted by Gasteiger charge is -2.12. The summed E-state index contributed by atoms with van der Waals surface area (Å²) in [4.78, 5) is 21.2. The van der Waals surface area contributed by atoms with Crippen LogP contribution < -0.4 is 5.56 Å². The lowest BCUT2D eigenvalue weighted by atomic mass is 10.2. The van der Waals surface area contributed by atoms with Crippen molar-refractivity contribution < 1.29 is 4.74 Å². The van der Waals surface area contributed by atoms with Crippen LogP contribution in [0.1, 0.15) is 11.1 Å². The fourth-order valence-electron chi connectivity index (χ4n) is 3.22. The van der Waals surface area contributed by atoms with Gasteiger partial charge in [-0.15, -0.1) is 0 Å². The molecule has 4 rings (SSSR count). The monoisotopic (exact) mass is 379 g/mol. The Morgan fingerprint density at radius 1 is 1.19 bits per heavy atom. The van der Waals surface area contributed by atoms with Crippen molar-refractivity contribution in [3.05, 3.63) is 70.0 Å². The van der Waals surface area contributed by atoms with Crippen molar-refractivity contribution in [1.82, 2.24) is 14.5 Å². The maximum absolute atomic E-state index is 13.1. The third kappa shape index (κ3) is 3.50. The van der Waals surface area contributed by atoms with Crippen LogP contribution in [0.4, 0.5) is 0 Å². The number of methoxy groups -OCH3 is 1. The Kier molecular flexibility index (Phi) is 5.01. The summed E-state index contributed by atoms with van der Waals surface area (Å²) in [6, 6.07) is 16.3. The average molecular weight is 379 g/mol. The molecule has 0 aliphatic rings. The molecule has 6 heteroatoms. The first-order chi connectivity index (χ1) is 13.2. The molecule has 0 aliphatic heterocycles. The lowest BCUT2D eigenvalue weighted by Crippen LogP contribution is -2.25. The van der Waals surface area contributed by atoms with Gasteiger partial charge >= 0.3 is 0 Å². The fourth-order valence-corrected chi connectivity index (χ4v) is 4.18. The number of H-pyrrole nitrogens is 1. The van der Waals surface area contributed by atoms with Gasteiger partial charge in [0.05, 0.1) is 13.2 Å². The Labute approximate surface area is 161 Å². The molecule has 5 nitrogen and oxygen atoms in total. The minimum atomic E-state index is -0.0556. The maximum atomic E-state index is 13.1. The SMILES string of the molecule is COCCn1c(SCc2cccc(C)c2)nc2c([nH]c3ccccc32)c1=O. The Morgan fingerprint density at radius 2 is 2.04 bits per heavy atom. The van der Waals surface area contributed by atoms with E-state index in [1.165, 1.54) is 11.1 Å². The van der Waals surface area contributed by atoms with E-state index in [-0.39, 0.29) is 5.56 Å². The van der Waals surface area contributed by atoms with Gasteiger partial charge in [-0.2, -0.15) is 0 Å². The molecule has 0 fully saturated rings. The molecule has 0 spiro atoms. The number of benzene rings is 2. The summed E-state index contributed by atoms with van der Waals surface area (Å²) >= 11 is 1.58. The van der Waals surface area contributed by atoms with Crippen LogP contribution in [0.25, 0.3) is 21.9 Å². The van der Waals surface area contributed by atoms with E-state index in [2.05, 4.69) is 36.2 Å². The molecule has 0 saturated carbocycles. The van der Waals surface area contributed by atoms with Crippen LogP contribution in [0.15, 0.2) is 58.5 Å². The van der Waals surface area contributed by atoms with Gasteiger partial charge in [0.15, 0.2) is 5.16 Å². The van der Waals surface area contributed by atoms with Gasteiger partial charge in [0.1, 0.15) is 11.0 Å². The first-order valence-corrected chi connectivity index (χ1v) is 9.84. The Bertz CT molecular complexity index is 1160. The largest absolute Gasteiger partial charge is 0.383 e. The number of rotatable bonds is 6. The average Bonchev–Trinajstić information content (AvgIpc) is 3.05. The van der Waals surface area contributed by atoms with Crippen LogP contribution in [0, 0.1) is 6.92 Å². The fraction of sp³-hybridized carbons (Fsp3) is 0.238. The number of aryl methyl sites for hydroxylation is 1. The van der Waals surface area contributed by atoms with Gasteiger partial charge < -0.3 is 9.72 Å². The van der Waals surface area contributed by atoms with Crippen molar-refractivity contribution in [3.8, 4) is 0 Å². The van der Waals surface area contributed by atoms with Crippen LogP contribution in [0.5, 0.6) is 0 Å². The first-order valence-electron chi connectivity index (χ1n) is 8.86. The molecule has 2 aromatic carbocycles. The topological polar surface area (TPSA) is 59.9 Å². The minimum absolute atomic E-state index is 0.0556. The second kappa shape index (κ2) is 7.58. The number of ether oxygens (including phenoxy) is 1. The predicted octanol–water partition coefficient (Wildman–Crippen LogP) is 4.12. The zero-order valence-electron chi connectivity index (χ0n) is 15.4. The number of hydrogen-bond acceptors (Lipinski definition) is 4. The van der Waals surface area contributed by atoms with Gasteiger partial charge in [0.2, 0.25) is 0 Å². The van der Waals surface area contributed by atoms with E-state index >= 15 is 0 Å². The van der Waals surface area contributed by atoms with Crippen molar-refractivity contribution in [3.63, 3.8) is 0 Å². The van der Waals surface area contributed by atoms with Crippen molar-refractivity contribution in [1.29, 1.82) is 0 Å². The zero-order valence-corrected chi connectivity index (χ0v) is 16.2. The summed E-state index contributed by atoms with van der Waals surface area (Å²) in [6.07, 6.45) is 0.